The van der Waals surface area contributed by atoms with Crippen molar-refractivity contribution in [2.24, 2.45) is 0 Å². The summed E-state index contributed by atoms with van der Waals surface area (Å²) in [6, 6.07) is 10.2. The van der Waals surface area contributed by atoms with Gasteiger partial charge in [-0.1, -0.05) is 41.9 Å². The highest BCUT2D eigenvalue weighted by atomic mass is 35.5. The van der Waals surface area contributed by atoms with Crippen LogP contribution in [0.3, 0.4) is 0 Å². The Hall–Kier alpha value is -1.55. The number of benzene rings is 1. The number of nitrogens with zero attached hydrogens (tertiary/aromatic N) is 2. The lowest BCUT2D eigenvalue weighted by Gasteiger charge is -2.18. The molecule has 0 amide bonds. The number of halogens is 2. The van der Waals surface area contributed by atoms with Crippen LogP contribution in [0.4, 0.5) is 5.82 Å². The van der Waals surface area contributed by atoms with Crippen LogP contribution in [0.2, 0.25) is 10.0 Å². The van der Waals surface area contributed by atoms with E-state index in [4.69, 9.17) is 23.2 Å². The monoisotopic (exact) mass is 347 g/mol. The lowest BCUT2D eigenvalue weighted by Crippen LogP contribution is -2.32. The van der Waals surface area contributed by atoms with Gasteiger partial charge >= 0.3 is 0 Å². The summed E-state index contributed by atoms with van der Waals surface area (Å²) < 4.78 is 0. The highest BCUT2D eigenvalue weighted by Gasteiger charge is 2.23. The third kappa shape index (κ3) is 4.05. The zero-order valence-corrected chi connectivity index (χ0v) is 14.3. The van der Waals surface area contributed by atoms with Gasteiger partial charge in [0.2, 0.25) is 0 Å². The number of anilines is 1. The summed E-state index contributed by atoms with van der Waals surface area (Å²) in [7, 11) is 0. The molecule has 5 heteroatoms. The Labute approximate surface area is 146 Å². The lowest BCUT2D eigenvalue weighted by atomic mass is 10.2. The van der Waals surface area contributed by atoms with Crippen LogP contribution in [-0.2, 0) is 6.54 Å². The zero-order chi connectivity index (χ0) is 16.2. The SMILES string of the molecule is C=Cc1ccc(N2CCC(NCc3ccc(Cl)cc3Cl)C2)nc1. The molecule has 23 heavy (non-hydrogen) atoms. The average molecular weight is 348 g/mol. The fourth-order valence-electron chi connectivity index (χ4n) is 2.76. The minimum atomic E-state index is 0.433. The number of pyridine rings is 1. The van der Waals surface area contributed by atoms with Gasteiger partial charge in [-0.2, -0.15) is 0 Å². The molecule has 0 spiro atoms. The first-order valence-electron chi connectivity index (χ1n) is 7.66. The van der Waals surface area contributed by atoms with E-state index in [0.717, 1.165) is 43.0 Å². The van der Waals surface area contributed by atoms with E-state index in [1.807, 2.05) is 24.4 Å². The van der Waals surface area contributed by atoms with Gasteiger partial charge in [0.1, 0.15) is 5.82 Å². The Balaban J connectivity index is 1.56. The van der Waals surface area contributed by atoms with Gasteiger partial charge in [-0.05, 0) is 41.8 Å². The van der Waals surface area contributed by atoms with Crippen LogP contribution in [0.5, 0.6) is 0 Å². The molecular formula is C18H19Cl2N3. The molecule has 0 bridgehead atoms. The molecular weight excluding hydrogens is 329 g/mol. The van der Waals surface area contributed by atoms with Gasteiger partial charge in [-0.15, -0.1) is 0 Å². The summed E-state index contributed by atoms with van der Waals surface area (Å²) in [6.45, 7) is 6.46. The molecule has 1 atom stereocenters. The van der Waals surface area contributed by atoms with Gasteiger partial charge in [-0.25, -0.2) is 4.98 Å². The third-order valence-electron chi connectivity index (χ3n) is 4.11. The molecule has 2 aromatic rings. The van der Waals surface area contributed by atoms with Crippen molar-refractivity contribution in [3.05, 3.63) is 64.3 Å². The van der Waals surface area contributed by atoms with E-state index in [-0.39, 0.29) is 0 Å². The second-order valence-electron chi connectivity index (χ2n) is 5.70. The van der Waals surface area contributed by atoms with Gasteiger partial charge in [0, 0.05) is 41.9 Å². The van der Waals surface area contributed by atoms with Crippen molar-refractivity contribution in [3.8, 4) is 0 Å². The number of hydrogen-bond acceptors (Lipinski definition) is 3. The molecule has 120 valence electrons. The number of rotatable bonds is 5. The fourth-order valence-corrected chi connectivity index (χ4v) is 3.23. The van der Waals surface area contributed by atoms with Gasteiger partial charge in [0.15, 0.2) is 0 Å². The molecule has 3 nitrogen and oxygen atoms in total. The quantitative estimate of drug-likeness (QED) is 0.868. The van der Waals surface area contributed by atoms with Crippen molar-refractivity contribution in [2.75, 3.05) is 18.0 Å². The standard InChI is InChI=1S/C18H19Cl2N3/c1-2-13-3-6-18(22-10-13)23-8-7-16(12-23)21-11-14-4-5-15(19)9-17(14)20/h2-6,9-10,16,21H,1,7-8,11-12H2. The summed E-state index contributed by atoms with van der Waals surface area (Å²) in [5.74, 6) is 1.02. The molecule has 1 aromatic heterocycles. The topological polar surface area (TPSA) is 28.2 Å². The maximum absolute atomic E-state index is 6.22. The predicted octanol–water partition coefficient (Wildman–Crippen LogP) is 4.40. The van der Waals surface area contributed by atoms with Gasteiger partial charge in [0.05, 0.1) is 0 Å². The van der Waals surface area contributed by atoms with Crippen LogP contribution in [0.1, 0.15) is 17.5 Å². The molecule has 3 rings (SSSR count). The molecule has 1 unspecified atom stereocenters. The Morgan fingerprint density at radius 2 is 2.17 bits per heavy atom. The molecule has 1 N–H and O–H groups in total. The summed E-state index contributed by atoms with van der Waals surface area (Å²) >= 11 is 12.1. The fraction of sp³-hybridized carbons (Fsp3) is 0.278. The largest absolute Gasteiger partial charge is 0.355 e. The van der Waals surface area contributed by atoms with Crippen LogP contribution in [0.15, 0.2) is 43.1 Å². The molecule has 1 fully saturated rings. The molecule has 0 radical (unpaired) electrons. The van der Waals surface area contributed by atoms with Crippen molar-refractivity contribution >= 4 is 35.1 Å². The van der Waals surface area contributed by atoms with Crippen molar-refractivity contribution in [2.45, 2.75) is 19.0 Å². The van der Waals surface area contributed by atoms with Crippen LogP contribution in [0, 0.1) is 0 Å². The van der Waals surface area contributed by atoms with Crippen molar-refractivity contribution < 1.29 is 0 Å². The van der Waals surface area contributed by atoms with Crippen LogP contribution >= 0.6 is 23.2 Å². The molecule has 1 saturated heterocycles. The van der Waals surface area contributed by atoms with E-state index >= 15 is 0 Å². The van der Waals surface area contributed by atoms with E-state index in [1.165, 1.54) is 0 Å². The summed E-state index contributed by atoms with van der Waals surface area (Å²) in [5, 5.41) is 4.94. The second kappa shape index (κ2) is 7.35. The minimum absolute atomic E-state index is 0.433. The van der Waals surface area contributed by atoms with Crippen molar-refractivity contribution in [3.63, 3.8) is 0 Å². The van der Waals surface area contributed by atoms with Crippen LogP contribution in [-0.4, -0.2) is 24.1 Å². The normalized spacial score (nSPS) is 17.5. The third-order valence-corrected chi connectivity index (χ3v) is 4.70. The molecule has 0 aliphatic carbocycles. The van der Waals surface area contributed by atoms with E-state index in [9.17, 15) is 0 Å². The number of aromatic nitrogens is 1. The molecule has 1 aliphatic rings. The van der Waals surface area contributed by atoms with Gasteiger partial charge in [-0.3, -0.25) is 0 Å². The summed E-state index contributed by atoms with van der Waals surface area (Å²) in [6.07, 6.45) is 4.76. The molecule has 1 aliphatic heterocycles. The first kappa shape index (κ1) is 16.3. The van der Waals surface area contributed by atoms with Gasteiger partial charge in [0.25, 0.3) is 0 Å². The van der Waals surface area contributed by atoms with Crippen molar-refractivity contribution in [1.29, 1.82) is 0 Å². The molecule has 0 saturated carbocycles. The first-order valence-corrected chi connectivity index (χ1v) is 8.42. The van der Waals surface area contributed by atoms with E-state index in [2.05, 4.69) is 27.8 Å². The molecule has 2 heterocycles. The highest BCUT2D eigenvalue weighted by Crippen LogP contribution is 2.22. The van der Waals surface area contributed by atoms with Crippen LogP contribution < -0.4 is 10.2 Å². The first-order chi connectivity index (χ1) is 11.2. The maximum Gasteiger partial charge on any atom is 0.128 e. The Morgan fingerprint density at radius 1 is 1.30 bits per heavy atom. The van der Waals surface area contributed by atoms with Crippen LogP contribution in [0.25, 0.3) is 6.08 Å². The zero-order valence-electron chi connectivity index (χ0n) is 12.8. The number of nitrogens with one attached hydrogen (secondary N) is 1. The number of hydrogen-bond donors (Lipinski definition) is 1. The predicted molar refractivity (Wildman–Crippen MR) is 98.2 cm³/mol. The Bertz CT molecular complexity index is 685. The molecule has 1 aromatic carbocycles. The maximum atomic E-state index is 6.22. The highest BCUT2D eigenvalue weighted by molar-refractivity contribution is 6.35. The summed E-state index contributed by atoms with van der Waals surface area (Å²) in [5.41, 5.74) is 2.11. The van der Waals surface area contributed by atoms with E-state index in [0.29, 0.717) is 16.1 Å². The Morgan fingerprint density at radius 3 is 2.87 bits per heavy atom. The second-order valence-corrected chi connectivity index (χ2v) is 6.55. The minimum Gasteiger partial charge on any atom is -0.355 e. The lowest BCUT2D eigenvalue weighted by molar-refractivity contribution is 0.551. The average Bonchev–Trinajstić information content (AvgIpc) is 3.03. The van der Waals surface area contributed by atoms with Crippen molar-refractivity contribution in [1.82, 2.24) is 10.3 Å². The Kier molecular flexibility index (Phi) is 5.21. The summed E-state index contributed by atoms with van der Waals surface area (Å²) in [4.78, 5) is 6.80. The van der Waals surface area contributed by atoms with Gasteiger partial charge < -0.3 is 10.2 Å². The van der Waals surface area contributed by atoms with E-state index < -0.39 is 0 Å². The smallest absolute Gasteiger partial charge is 0.128 e. The van der Waals surface area contributed by atoms with E-state index in [1.54, 1.807) is 12.1 Å².